The van der Waals surface area contributed by atoms with Crippen molar-refractivity contribution in [1.29, 1.82) is 0 Å². The van der Waals surface area contributed by atoms with E-state index < -0.39 is 12.2 Å². The second-order valence-electron chi connectivity index (χ2n) is 6.70. The summed E-state index contributed by atoms with van der Waals surface area (Å²) >= 11 is 0. The standard InChI is InChI=1S/C22H32N2O6/c1-27-19-5-3-7-21(11-19)29-15-17(25)13-23-9-10-24-14-18(26)16-30-22-8-4-6-20(12-22)28-2/h3-8,11-12,17-18,23-26H,9-10,13-16H2,1-2H3. The van der Waals surface area contributed by atoms with E-state index in [0.29, 0.717) is 49.2 Å². The molecule has 0 saturated heterocycles. The van der Waals surface area contributed by atoms with Gasteiger partial charge < -0.3 is 39.8 Å². The van der Waals surface area contributed by atoms with Gasteiger partial charge in [0.25, 0.3) is 0 Å². The minimum atomic E-state index is -0.627. The highest BCUT2D eigenvalue weighted by molar-refractivity contribution is 5.33. The highest BCUT2D eigenvalue weighted by Crippen LogP contribution is 2.19. The Morgan fingerprint density at radius 1 is 0.700 bits per heavy atom. The van der Waals surface area contributed by atoms with Gasteiger partial charge in [0, 0.05) is 38.3 Å². The van der Waals surface area contributed by atoms with Crippen molar-refractivity contribution >= 4 is 0 Å². The van der Waals surface area contributed by atoms with E-state index in [9.17, 15) is 10.2 Å². The summed E-state index contributed by atoms with van der Waals surface area (Å²) in [4.78, 5) is 0. The number of methoxy groups -OCH3 is 2. The van der Waals surface area contributed by atoms with Gasteiger partial charge in [0.15, 0.2) is 0 Å². The lowest BCUT2D eigenvalue weighted by molar-refractivity contribution is 0.103. The average Bonchev–Trinajstić information content (AvgIpc) is 2.78. The number of rotatable bonds is 15. The van der Waals surface area contributed by atoms with Crippen LogP contribution in [-0.2, 0) is 0 Å². The van der Waals surface area contributed by atoms with Crippen LogP contribution in [0.1, 0.15) is 0 Å². The molecule has 0 radical (unpaired) electrons. The molecule has 8 heteroatoms. The number of ether oxygens (including phenoxy) is 4. The van der Waals surface area contributed by atoms with Gasteiger partial charge in [0.05, 0.1) is 14.2 Å². The predicted octanol–water partition coefficient (Wildman–Crippen LogP) is 1.06. The van der Waals surface area contributed by atoms with Crippen molar-refractivity contribution in [2.45, 2.75) is 12.2 Å². The first kappa shape index (κ1) is 23.8. The maximum atomic E-state index is 9.99. The Bertz CT molecular complexity index is 669. The molecule has 2 rings (SSSR count). The van der Waals surface area contributed by atoms with E-state index in [4.69, 9.17) is 18.9 Å². The van der Waals surface area contributed by atoms with Gasteiger partial charge in [-0.05, 0) is 24.3 Å². The van der Waals surface area contributed by atoms with Gasteiger partial charge in [0.1, 0.15) is 48.4 Å². The summed E-state index contributed by atoms with van der Waals surface area (Å²) < 4.78 is 21.4. The Balaban J connectivity index is 1.49. The third-order valence-electron chi connectivity index (χ3n) is 4.21. The molecule has 2 aromatic rings. The van der Waals surface area contributed by atoms with E-state index in [1.165, 1.54) is 0 Å². The van der Waals surface area contributed by atoms with Crippen LogP contribution in [0.15, 0.2) is 48.5 Å². The summed E-state index contributed by atoms with van der Waals surface area (Å²) in [6.07, 6.45) is -1.25. The van der Waals surface area contributed by atoms with Crippen LogP contribution in [0.25, 0.3) is 0 Å². The highest BCUT2D eigenvalue weighted by atomic mass is 16.5. The summed E-state index contributed by atoms with van der Waals surface area (Å²) in [5.74, 6) is 2.73. The lowest BCUT2D eigenvalue weighted by atomic mass is 10.3. The topological polar surface area (TPSA) is 101 Å². The molecule has 0 heterocycles. The second-order valence-corrected chi connectivity index (χ2v) is 6.70. The normalized spacial score (nSPS) is 12.8. The van der Waals surface area contributed by atoms with Gasteiger partial charge in [-0.25, -0.2) is 0 Å². The first-order valence-corrected chi connectivity index (χ1v) is 9.92. The summed E-state index contributed by atoms with van der Waals surface area (Å²) in [6.45, 7) is 2.50. The van der Waals surface area contributed by atoms with Crippen molar-refractivity contribution in [3.05, 3.63) is 48.5 Å². The highest BCUT2D eigenvalue weighted by Gasteiger charge is 2.07. The van der Waals surface area contributed by atoms with Crippen LogP contribution in [0.4, 0.5) is 0 Å². The van der Waals surface area contributed by atoms with Crippen molar-refractivity contribution in [2.24, 2.45) is 0 Å². The van der Waals surface area contributed by atoms with Crippen LogP contribution in [0.5, 0.6) is 23.0 Å². The summed E-state index contributed by atoms with van der Waals surface area (Å²) in [6, 6.07) is 14.5. The maximum Gasteiger partial charge on any atom is 0.123 e. The summed E-state index contributed by atoms with van der Waals surface area (Å²) in [5.41, 5.74) is 0. The Kier molecular flexibility index (Phi) is 10.8. The van der Waals surface area contributed by atoms with E-state index in [0.717, 1.165) is 0 Å². The molecular formula is C22H32N2O6. The fourth-order valence-corrected chi connectivity index (χ4v) is 2.60. The van der Waals surface area contributed by atoms with Crippen LogP contribution < -0.4 is 29.6 Å². The molecule has 0 bridgehead atoms. The minimum Gasteiger partial charge on any atom is -0.497 e. The second kappa shape index (κ2) is 13.7. The zero-order valence-corrected chi connectivity index (χ0v) is 17.5. The third-order valence-corrected chi connectivity index (χ3v) is 4.21. The van der Waals surface area contributed by atoms with E-state index in [1.807, 2.05) is 36.4 Å². The Morgan fingerprint density at radius 3 is 1.50 bits per heavy atom. The zero-order valence-electron chi connectivity index (χ0n) is 17.5. The molecule has 0 aromatic heterocycles. The van der Waals surface area contributed by atoms with Crippen LogP contribution >= 0.6 is 0 Å². The molecule has 0 fully saturated rings. The molecule has 2 atom stereocenters. The fraction of sp³-hybridized carbons (Fsp3) is 0.455. The van der Waals surface area contributed by atoms with E-state index in [-0.39, 0.29) is 13.2 Å². The molecule has 0 aliphatic carbocycles. The van der Waals surface area contributed by atoms with Gasteiger partial charge >= 0.3 is 0 Å². The van der Waals surface area contributed by atoms with Crippen LogP contribution in [0.3, 0.4) is 0 Å². The van der Waals surface area contributed by atoms with E-state index in [2.05, 4.69) is 10.6 Å². The van der Waals surface area contributed by atoms with Crippen molar-refractivity contribution < 1.29 is 29.2 Å². The number of hydrogen-bond acceptors (Lipinski definition) is 8. The molecule has 2 aromatic carbocycles. The van der Waals surface area contributed by atoms with Gasteiger partial charge in [-0.2, -0.15) is 0 Å². The molecule has 8 nitrogen and oxygen atoms in total. The molecule has 0 amide bonds. The summed E-state index contributed by atoms with van der Waals surface area (Å²) in [7, 11) is 3.19. The van der Waals surface area contributed by atoms with E-state index >= 15 is 0 Å². The molecule has 0 spiro atoms. The zero-order chi connectivity index (χ0) is 21.6. The quantitative estimate of drug-likeness (QED) is 0.318. The molecule has 2 unspecified atom stereocenters. The number of aliphatic hydroxyl groups is 2. The Labute approximate surface area is 177 Å². The van der Waals surface area contributed by atoms with Crippen molar-refractivity contribution in [2.75, 3.05) is 53.6 Å². The molecule has 0 aliphatic rings. The molecule has 0 saturated carbocycles. The number of nitrogens with one attached hydrogen (secondary N) is 2. The van der Waals surface area contributed by atoms with Crippen molar-refractivity contribution in [3.8, 4) is 23.0 Å². The maximum absolute atomic E-state index is 9.99. The van der Waals surface area contributed by atoms with Crippen molar-refractivity contribution in [3.63, 3.8) is 0 Å². The molecule has 30 heavy (non-hydrogen) atoms. The molecule has 0 aliphatic heterocycles. The minimum absolute atomic E-state index is 0.188. The summed E-state index contributed by atoms with van der Waals surface area (Å²) in [5, 5.41) is 26.3. The predicted molar refractivity (Wildman–Crippen MR) is 115 cm³/mol. The number of aliphatic hydroxyl groups excluding tert-OH is 2. The fourth-order valence-electron chi connectivity index (χ4n) is 2.60. The third kappa shape index (κ3) is 9.32. The van der Waals surface area contributed by atoms with Crippen LogP contribution in [0, 0.1) is 0 Å². The largest absolute Gasteiger partial charge is 0.497 e. The first-order chi connectivity index (χ1) is 14.6. The number of hydrogen-bond donors (Lipinski definition) is 4. The first-order valence-electron chi connectivity index (χ1n) is 9.92. The monoisotopic (exact) mass is 420 g/mol. The number of benzene rings is 2. The average molecular weight is 421 g/mol. The molecule has 166 valence electrons. The van der Waals surface area contributed by atoms with Crippen LogP contribution in [-0.4, -0.2) is 76.0 Å². The van der Waals surface area contributed by atoms with Crippen molar-refractivity contribution in [1.82, 2.24) is 10.6 Å². The smallest absolute Gasteiger partial charge is 0.123 e. The Morgan fingerprint density at radius 2 is 1.10 bits per heavy atom. The van der Waals surface area contributed by atoms with Crippen LogP contribution in [0.2, 0.25) is 0 Å². The van der Waals surface area contributed by atoms with Gasteiger partial charge in [-0.15, -0.1) is 0 Å². The lowest BCUT2D eigenvalue weighted by Gasteiger charge is -2.15. The Hall–Kier alpha value is -2.52. The SMILES string of the molecule is COc1cccc(OCC(O)CNCCNCC(O)COc2cccc(OC)c2)c1. The lowest BCUT2D eigenvalue weighted by Crippen LogP contribution is -2.38. The van der Waals surface area contributed by atoms with Gasteiger partial charge in [0.2, 0.25) is 0 Å². The van der Waals surface area contributed by atoms with Gasteiger partial charge in [-0.1, -0.05) is 12.1 Å². The van der Waals surface area contributed by atoms with Gasteiger partial charge in [-0.3, -0.25) is 0 Å². The molecule has 4 N–H and O–H groups in total. The van der Waals surface area contributed by atoms with E-state index in [1.54, 1.807) is 26.4 Å². The molecular weight excluding hydrogens is 388 g/mol.